The van der Waals surface area contributed by atoms with Crippen LogP contribution in [-0.4, -0.2) is 24.0 Å². The van der Waals surface area contributed by atoms with E-state index in [4.69, 9.17) is 10.00 Å². The number of esters is 1. The van der Waals surface area contributed by atoms with E-state index in [0.717, 1.165) is 17.8 Å². The number of hydrogen-bond acceptors (Lipinski definition) is 5. The topological polar surface area (TPSA) is 66.2 Å². The van der Waals surface area contributed by atoms with Crippen LogP contribution in [-0.2, 0) is 22.3 Å². The second-order valence-electron chi connectivity index (χ2n) is 6.58. The second-order valence-corrected chi connectivity index (χ2v) is 6.58. The summed E-state index contributed by atoms with van der Waals surface area (Å²) in [6.45, 7) is 1.19. The Bertz CT molecular complexity index is 850. The third kappa shape index (κ3) is 4.80. The van der Waals surface area contributed by atoms with Gasteiger partial charge in [0.1, 0.15) is 12.4 Å². The van der Waals surface area contributed by atoms with E-state index in [1.54, 1.807) is 24.3 Å². The Morgan fingerprint density at radius 1 is 1.18 bits per heavy atom. The zero-order valence-electron chi connectivity index (χ0n) is 14.9. The first-order chi connectivity index (χ1) is 13.4. The quantitative estimate of drug-likeness (QED) is 0.742. The van der Waals surface area contributed by atoms with Crippen molar-refractivity contribution in [3.05, 3.63) is 59.3 Å². The van der Waals surface area contributed by atoms with Gasteiger partial charge in [-0.05, 0) is 42.7 Å². The van der Waals surface area contributed by atoms with Crippen molar-refractivity contribution < 1.29 is 22.7 Å². The zero-order chi connectivity index (χ0) is 20.1. The lowest BCUT2D eigenvalue weighted by molar-refractivity contribution is -0.150. The van der Waals surface area contributed by atoms with Crippen LogP contribution >= 0.6 is 0 Å². The molecule has 0 atom stereocenters. The lowest BCUT2D eigenvalue weighted by Gasteiger charge is -2.31. The van der Waals surface area contributed by atoms with E-state index in [1.165, 1.54) is 6.07 Å². The zero-order valence-corrected chi connectivity index (χ0v) is 14.9. The van der Waals surface area contributed by atoms with Gasteiger partial charge in [0.15, 0.2) is 0 Å². The van der Waals surface area contributed by atoms with E-state index < -0.39 is 11.7 Å². The summed E-state index contributed by atoms with van der Waals surface area (Å²) in [6.07, 6.45) is -2.48. The molecule has 0 N–H and O–H groups in total. The molecule has 0 aliphatic carbocycles. The molecule has 1 aromatic carbocycles. The number of pyridine rings is 1. The molecule has 1 aliphatic rings. The van der Waals surface area contributed by atoms with E-state index >= 15 is 0 Å². The highest BCUT2D eigenvalue weighted by Crippen LogP contribution is 2.30. The van der Waals surface area contributed by atoms with Gasteiger partial charge in [0.25, 0.3) is 0 Å². The fourth-order valence-corrected chi connectivity index (χ4v) is 3.03. The van der Waals surface area contributed by atoms with E-state index in [2.05, 4.69) is 4.98 Å². The number of ether oxygens (including phenoxy) is 1. The monoisotopic (exact) mass is 389 g/mol. The SMILES string of the molecule is N#Cc1ccc(COC(=O)C2CCN(c3ccc(C(F)(F)F)cn3)CC2)cc1. The number of benzene rings is 1. The van der Waals surface area contributed by atoms with Crippen LogP contribution in [0.5, 0.6) is 0 Å². The standard InChI is InChI=1S/C20H18F3N3O2/c21-20(22,23)17-5-6-18(25-12-17)26-9-7-16(8-10-26)19(27)28-13-15-3-1-14(11-24)2-4-15/h1-6,12,16H,7-10,13H2. The number of anilines is 1. The Balaban J connectivity index is 1.49. The molecule has 5 nitrogen and oxygen atoms in total. The second kappa shape index (κ2) is 8.30. The average Bonchev–Trinajstić information content (AvgIpc) is 2.72. The Hall–Kier alpha value is -3.08. The van der Waals surface area contributed by atoms with E-state index in [1.807, 2.05) is 11.0 Å². The van der Waals surface area contributed by atoms with Crippen LogP contribution in [0.15, 0.2) is 42.6 Å². The third-order valence-corrected chi connectivity index (χ3v) is 4.69. The van der Waals surface area contributed by atoms with Gasteiger partial charge in [-0.2, -0.15) is 18.4 Å². The number of hydrogen-bond donors (Lipinski definition) is 0. The summed E-state index contributed by atoms with van der Waals surface area (Å²) in [5.74, 6) is -0.0640. The van der Waals surface area contributed by atoms with E-state index in [0.29, 0.717) is 37.3 Å². The molecule has 2 heterocycles. The molecule has 8 heteroatoms. The van der Waals surface area contributed by atoms with E-state index in [-0.39, 0.29) is 18.5 Å². The van der Waals surface area contributed by atoms with Crippen LogP contribution in [0.25, 0.3) is 0 Å². The maximum absolute atomic E-state index is 12.6. The number of rotatable bonds is 4. The molecule has 0 amide bonds. The van der Waals surface area contributed by atoms with Crippen LogP contribution in [0, 0.1) is 17.2 Å². The lowest BCUT2D eigenvalue weighted by Crippen LogP contribution is -2.37. The third-order valence-electron chi connectivity index (χ3n) is 4.69. The number of carbonyl (C=O) groups excluding carboxylic acids is 1. The van der Waals surface area contributed by atoms with Gasteiger partial charge in [-0.25, -0.2) is 4.98 Å². The van der Waals surface area contributed by atoms with E-state index in [9.17, 15) is 18.0 Å². The van der Waals surface area contributed by atoms with Gasteiger partial charge in [-0.1, -0.05) is 12.1 Å². The highest BCUT2D eigenvalue weighted by molar-refractivity contribution is 5.72. The fraction of sp³-hybridized carbons (Fsp3) is 0.350. The molecule has 0 saturated carbocycles. The van der Waals surface area contributed by atoms with Crippen molar-refractivity contribution in [3.63, 3.8) is 0 Å². The van der Waals surface area contributed by atoms with Gasteiger partial charge < -0.3 is 9.64 Å². The first-order valence-electron chi connectivity index (χ1n) is 8.80. The van der Waals surface area contributed by atoms with Crippen molar-refractivity contribution in [1.82, 2.24) is 4.98 Å². The summed E-state index contributed by atoms with van der Waals surface area (Å²) in [7, 11) is 0. The number of alkyl halides is 3. The normalized spacial score (nSPS) is 15.1. The van der Waals surface area contributed by atoms with Crippen LogP contribution in [0.3, 0.4) is 0 Å². The Morgan fingerprint density at radius 3 is 2.39 bits per heavy atom. The molecule has 28 heavy (non-hydrogen) atoms. The maximum atomic E-state index is 12.6. The molecule has 146 valence electrons. The number of piperidine rings is 1. The first-order valence-corrected chi connectivity index (χ1v) is 8.80. The highest BCUT2D eigenvalue weighted by Gasteiger charge is 2.31. The molecule has 3 rings (SSSR count). The van der Waals surface area contributed by atoms with Crippen LogP contribution in [0.4, 0.5) is 19.0 Å². The van der Waals surface area contributed by atoms with Gasteiger partial charge in [0.05, 0.1) is 23.1 Å². The van der Waals surface area contributed by atoms with Gasteiger partial charge in [0.2, 0.25) is 0 Å². The number of carbonyl (C=O) groups is 1. The van der Waals surface area contributed by atoms with Gasteiger partial charge in [-0.3, -0.25) is 4.79 Å². The Labute approximate surface area is 160 Å². The number of aromatic nitrogens is 1. The Kier molecular flexibility index (Phi) is 5.83. The maximum Gasteiger partial charge on any atom is 0.417 e. The van der Waals surface area contributed by atoms with Crippen molar-refractivity contribution >= 4 is 11.8 Å². The highest BCUT2D eigenvalue weighted by atomic mass is 19.4. The summed E-state index contributed by atoms with van der Waals surface area (Å²) in [4.78, 5) is 18.0. The Morgan fingerprint density at radius 2 is 1.86 bits per heavy atom. The minimum atomic E-state index is -4.41. The smallest absolute Gasteiger partial charge is 0.417 e. The van der Waals surface area contributed by atoms with Crippen molar-refractivity contribution in [2.75, 3.05) is 18.0 Å². The molecule has 0 radical (unpaired) electrons. The number of halogens is 3. The summed E-state index contributed by atoms with van der Waals surface area (Å²) in [5.41, 5.74) is 0.565. The van der Waals surface area contributed by atoms with Gasteiger partial charge >= 0.3 is 12.1 Å². The van der Waals surface area contributed by atoms with Crippen LogP contribution < -0.4 is 4.90 Å². The largest absolute Gasteiger partial charge is 0.461 e. The average molecular weight is 389 g/mol. The number of nitriles is 1. The van der Waals surface area contributed by atoms with Gasteiger partial charge in [0, 0.05) is 19.3 Å². The first kappa shape index (κ1) is 19.7. The minimum absolute atomic E-state index is 0.144. The molecule has 1 fully saturated rings. The molecule has 0 unspecified atom stereocenters. The lowest BCUT2D eigenvalue weighted by atomic mass is 9.97. The fourth-order valence-electron chi connectivity index (χ4n) is 3.03. The molecule has 2 aromatic rings. The van der Waals surface area contributed by atoms with Crippen molar-refractivity contribution in [1.29, 1.82) is 5.26 Å². The minimum Gasteiger partial charge on any atom is -0.461 e. The summed E-state index contributed by atoms with van der Waals surface area (Å²) >= 11 is 0. The molecular formula is C20H18F3N3O2. The molecule has 0 spiro atoms. The van der Waals surface area contributed by atoms with Crippen molar-refractivity contribution in [2.45, 2.75) is 25.6 Å². The molecular weight excluding hydrogens is 371 g/mol. The van der Waals surface area contributed by atoms with Crippen LogP contribution in [0.2, 0.25) is 0 Å². The van der Waals surface area contributed by atoms with Gasteiger partial charge in [-0.15, -0.1) is 0 Å². The summed E-state index contributed by atoms with van der Waals surface area (Å²) in [6, 6.07) is 11.2. The van der Waals surface area contributed by atoms with Crippen molar-refractivity contribution in [3.8, 4) is 6.07 Å². The van der Waals surface area contributed by atoms with Crippen molar-refractivity contribution in [2.24, 2.45) is 5.92 Å². The predicted octanol–water partition coefficient (Wildman–Crippen LogP) is 3.93. The summed E-state index contributed by atoms with van der Waals surface area (Å²) in [5, 5.41) is 8.78. The molecule has 1 saturated heterocycles. The number of nitrogens with zero attached hydrogens (tertiary/aromatic N) is 3. The molecule has 1 aromatic heterocycles. The van der Waals surface area contributed by atoms with Crippen LogP contribution in [0.1, 0.15) is 29.5 Å². The summed E-state index contributed by atoms with van der Waals surface area (Å²) < 4.78 is 43.2. The predicted molar refractivity (Wildman–Crippen MR) is 95.1 cm³/mol. The molecule has 1 aliphatic heterocycles. The molecule has 0 bridgehead atoms.